The zero-order valence-electron chi connectivity index (χ0n) is 68.5. The molecule has 2 fully saturated rings. The third-order valence-electron chi connectivity index (χ3n) is 22.1. The van der Waals surface area contributed by atoms with Crippen LogP contribution in [0.1, 0.15) is 169 Å². The lowest BCUT2D eigenvalue weighted by molar-refractivity contribution is -0.331. The van der Waals surface area contributed by atoms with Crippen molar-refractivity contribution in [3.8, 4) is 57.1 Å². The number of carbonyl (C=O) groups is 8. The second-order valence-corrected chi connectivity index (χ2v) is 32.4. The van der Waals surface area contributed by atoms with Gasteiger partial charge in [-0.2, -0.15) is 0 Å². The van der Waals surface area contributed by atoms with Crippen LogP contribution in [0.5, 0.6) is 46.0 Å². The molecule has 0 aromatic heterocycles. The van der Waals surface area contributed by atoms with E-state index in [1.54, 1.807) is 13.8 Å². The molecule has 37 nitrogen and oxygen atoms in total. The first-order valence-electron chi connectivity index (χ1n) is 40.8. The topological polar surface area (TPSA) is 576 Å². The molecule has 18 atom stereocenters. The van der Waals surface area contributed by atoms with Crippen molar-refractivity contribution in [3.05, 3.63) is 116 Å². The number of phenols is 3. The Morgan fingerprint density at radius 3 is 1.93 bits per heavy atom. The molecule has 7 aliphatic heterocycles. The van der Waals surface area contributed by atoms with Crippen molar-refractivity contribution in [1.82, 2.24) is 53.2 Å². The molecule has 2 saturated heterocycles. The van der Waals surface area contributed by atoms with Gasteiger partial charge < -0.3 is 149 Å². The third kappa shape index (κ3) is 23.2. The van der Waals surface area contributed by atoms with E-state index in [2.05, 4.69) is 60.1 Å². The number of hydrogen-bond acceptors (Lipinski definition) is 29. The van der Waals surface area contributed by atoms with Gasteiger partial charge in [0.25, 0.3) is 0 Å². The predicted molar refractivity (Wildman–Crippen MR) is 440 cm³/mol. The highest BCUT2D eigenvalue weighted by Crippen LogP contribution is 2.51. The van der Waals surface area contributed by atoms with Gasteiger partial charge in [0.2, 0.25) is 53.4 Å². The lowest BCUT2D eigenvalue weighted by Gasteiger charge is -2.48. The number of nitrogens with two attached hydrogens (primary N) is 2. The molecule has 5 aromatic rings. The maximum absolute atomic E-state index is 16.4. The van der Waals surface area contributed by atoms with Crippen LogP contribution in [0.2, 0.25) is 10.0 Å². The Hall–Kier alpha value is -9.36. The summed E-state index contributed by atoms with van der Waals surface area (Å²) in [6.45, 7) is 9.79. The maximum atomic E-state index is 16.4. The predicted octanol–water partition coefficient (Wildman–Crippen LogP) is 2.53. The highest BCUT2D eigenvalue weighted by Gasteiger charge is 2.52. The van der Waals surface area contributed by atoms with Crippen molar-refractivity contribution in [2.75, 3.05) is 59.6 Å². The summed E-state index contributed by atoms with van der Waals surface area (Å²) in [5.74, 6) is -15.9. The number of hydrogen-bond donors (Lipinski definition) is 22. The van der Waals surface area contributed by atoms with Gasteiger partial charge in [0.1, 0.15) is 89.5 Å². The van der Waals surface area contributed by atoms with Crippen molar-refractivity contribution in [2.45, 2.75) is 221 Å². The van der Waals surface area contributed by atoms with Gasteiger partial charge in [0.15, 0.2) is 29.9 Å². The molecule has 7 aliphatic rings. The number of fused-ring (bicyclic) bond motifs is 15. The van der Waals surface area contributed by atoms with Gasteiger partial charge in [-0.05, 0) is 123 Å². The van der Waals surface area contributed by atoms with Crippen LogP contribution in [0, 0.1) is 5.92 Å². The van der Waals surface area contributed by atoms with E-state index in [0.717, 1.165) is 80.4 Å². The normalized spacial score (nSPS) is 26.4. The zero-order valence-corrected chi connectivity index (χ0v) is 70.0. The maximum Gasteiger partial charge on any atom is 0.330 e. The monoisotopic (exact) mass is 1750 g/mol. The minimum atomic E-state index is -2.36. The molecule has 12 rings (SSSR count). The largest absolute Gasteiger partial charge is 0.507 e. The average molecular weight is 1750 g/mol. The first-order chi connectivity index (χ1) is 58.2. The molecule has 24 N–H and O–H groups in total. The Balaban J connectivity index is 1.16. The number of rotatable bonds is 33. The van der Waals surface area contributed by atoms with Gasteiger partial charge >= 0.3 is 5.97 Å². The van der Waals surface area contributed by atoms with Gasteiger partial charge in [-0.25, -0.2) is 4.79 Å². The number of carboxylic acids is 1. The molecule has 7 heterocycles. The van der Waals surface area contributed by atoms with E-state index in [9.17, 15) is 65.4 Å². The minimum absolute atomic E-state index is 0.0214. The molecule has 0 saturated carbocycles. The number of unbranched alkanes of at least 4 members (excludes halogenated alkanes) is 7. The summed E-state index contributed by atoms with van der Waals surface area (Å²) in [6, 6.07) is -1.27. The van der Waals surface area contributed by atoms with E-state index in [-0.39, 0.29) is 90.4 Å². The third-order valence-corrected chi connectivity index (χ3v) is 22.7. The fourth-order valence-corrected chi connectivity index (χ4v) is 15.9. The lowest BCUT2D eigenvalue weighted by atomic mass is 9.85. The molecule has 39 heteroatoms. The van der Waals surface area contributed by atoms with Crippen LogP contribution in [0.4, 0.5) is 0 Å². The zero-order chi connectivity index (χ0) is 88.6. The molecule has 11 bridgehead atoms. The molecule has 0 aliphatic carbocycles. The number of aliphatic carboxylic acids is 1. The second-order valence-electron chi connectivity index (χ2n) is 31.6. The Morgan fingerprint density at radius 2 is 1.31 bits per heavy atom. The van der Waals surface area contributed by atoms with Crippen LogP contribution < -0.4 is 78.8 Å². The summed E-state index contributed by atoms with van der Waals surface area (Å²) in [7, 11) is 1.48. The van der Waals surface area contributed by atoms with E-state index >= 15 is 24.0 Å². The summed E-state index contributed by atoms with van der Waals surface area (Å²) < 4.78 is 45.2. The van der Waals surface area contributed by atoms with Gasteiger partial charge in [0.05, 0.1) is 60.1 Å². The van der Waals surface area contributed by atoms with Gasteiger partial charge in [-0.1, -0.05) is 107 Å². The van der Waals surface area contributed by atoms with Gasteiger partial charge in [0, 0.05) is 61.4 Å². The van der Waals surface area contributed by atoms with Crippen LogP contribution in [0.3, 0.4) is 0 Å². The number of ether oxygens (including phenoxy) is 7. The summed E-state index contributed by atoms with van der Waals surface area (Å²) in [5.41, 5.74) is 7.73. The van der Waals surface area contributed by atoms with E-state index in [1.165, 1.54) is 57.4 Å². The van der Waals surface area contributed by atoms with Crippen molar-refractivity contribution < 1.29 is 123 Å². The van der Waals surface area contributed by atoms with Crippen LogP contribution in [0.25, 0.3) is 11.1 Å². The number of aromatic hydroxyl groups is 3. The molecule has 122 heavy (non-hydrogen) atoms. The first kappa shape index (κ1) is 94.9. The molecule has 5 aromatic carbocycles. The van der Waals surface area contributed by atoms with E-state index in [0.29, 0.717) is 13.1 Å². The number of nitrogens with one attached hydrogen (secondary N) is 10. The molecule has 0 radical (unpaired) electrons. The molecule has 0 spiro atoms. The molecular weight excluding hydrogens is 1640 g/mol. The Morgan fingerprint density at radius 1 is 0.680 bits per heavy atom. The fourth-order valence-electron chi connectivity index (χ4n) is 15.4. The number of amides is 7. The van der Waals surface area contributed by atoms with Crippen LogP contribution in [-0.2, 0) is 63.8 Å². The summed E-state index contributed by atoms with van der Waals surface area (Å²) in [6.07, 6.45) is -8.51. The summed E-state index contributed by atoms with van der Waals surface area (Å²) >= 11 is 14.4. The standard InChI is InChI=1S/C83H112Cl2N12O25/c1-7-8-9-10-11-12-13-14-21-89-22-23-91-83(5)36-60(117-40(4)74(83)107)121-73-71(106)70(105)58(37-86)120-82(73)122-72-56-32-44-33-57(72)119-55-20-17-43(31-49(55)85)68(103)66-80(113)95-64(81(114)115)46-34-53(100)47(38-90-24-26-116-27-25-98)69(104)61(46)45-29-41(15-18-52(45)99)62(77(110)97-66)94-78(111)63(44)93-76(109)51(35-59(87)101)92-79(112)65(96-75(108)50(88-6)28-39(2)3)67(102)42-16-19-54(118-56)48(84)30-42/h15-20,29-34,39-40,50-51,58,60,62-68,70-71,73-74,82,88-91,98-100,102-107H,7-14,21-28,35-38,86H2,1-6H3,(H2,87,101)(H,92,112)(H,93,109)(H,94,111)(H,95,113)(H,96,108)(H,97,110)(H,114,115)/t40-,50+,51-,58+,60-,62+,63+,64-,65+,66-,67+,68+,70+,71-,73+,74+,82-,83-/m0/s1. The number of likely N-dealkylation sites (N-methyl/N-ethyl adjacent to an activating group) is 1. The number of aliphatic hydroxyl groups excluding tert-OH is 6. The number of carboxylic acid groups (broad SMARTS) is 1. The number of halogens is 2. The van der Waals surface area contributed by atoms with Crippen LogP contribution in [-0.4, -0.2) is 237 Å². The van der Waals surface area contributed by atoms with Crippen LogP contribution >= 0.6 is 23.2 Å². The highest BCUT2D eigenvalue weighted by molar-refractivity contribution is 6.32. The number of carbonyl (C=O) groups excluding carboxylic acids is 7. The van der Waals surface area contributed by atoms with Crippen molar-refractivity contribution in [2.24, 2.45) is 17.4 Å². The van der Waals surface area contributed by atoms with Crippen molar-refractivity contribution >= 4 is 70.5 Å². The number of phenolic OH excluding ortho intramolecular Hbond substituents is 3. The second kappa shape index (κ2) is 43.3. The minimum Gasteiger partial charge on any atom is -0.507 e. The first-order valence-corrected chi connectivity index (χ1v) is 41.6. The highest BCUT2D eigenvalue weighted by atomic mass is 35.5. The lowest BCUT2D eigenvalue weighted by Crippen LogP contribution is -2.66. The Kier molecular flexibility index (Phi) is 33.7. The number of aliphatic hydroxyl groups is 6. The number of benzene rings is 5. The molecular formula is C83H112Cl2N12O25. The Bertz CT molecular complexity index is 4540. The Labute approximate surface area is 714 Å². The summed E-state index contributed by atoms with van der Waals surface area (Å²) in [4.78, 5) is 119. The van der Waals surface area contributed by atoms with Crippen molar-refractivity contribution in [1.29, 1.82) is 0 Å². The quantitative estimate of drug-likeness (QED) is 0.0268. The SMILES string of the molecule is CCCCCCCCCCNCCN[C@@]1(C)C[C@H](O[C@H]2[C@H](Oc3c4cc5cc3Oc3ccc(cc3Cl)[C@@H](O)[C@@H](NC(=O)[C@@H](CC(C)C)NC)C(=O)N[C@@H](CC(N)=O)C(=O)N[C@H]5C(=O)N[C@H]3C(=O)N[C@H](C(=O)N[C@H](C(=O)O)c5cc(O)c(CNCCOCCO)c(O)c5-c5cc3ccc5O)[C@H](O)c3ccc(c(Cl)c3)O4)O[C@H](CN)[C@@H](O)[C@@H]2O)O[C@@H](C)[C@H]1O. The van der Waals surface area contributed by atoms with Crippen molar-refractivity contribution in [3.63, 3.8) is 0 Å². The number of primary amides is 1. The summed E-state index contributed by atoms with van der Waals surface area (Å²) in [5, 5.41) is 144. The fraction of sp³-hybridized carbons (Fsp3) is 0.542. The van der Waals surface area contributed by atoms with E-state index < -0.39 is 231 Å². The van der Waals surface area contributed by atoms with E-state index in [1.807, 2.05) is 13.8 Å². The van der Waals surface area contributed by atoms with Crippen LogP contribution in [0.15, 0.2) is 72.8 Å². The van der Waals surface area contributed by atoms with Gasteiger partial charge in [-0.3, -0.25) is 33.6 Å². The molecule has 7 amide bonds. The molecule has 668 valence electrons. The average Bonchev–Trinajstić information content (AvgIpc) is 0.751. The van der Waals surface area contributed by atoms with Gasteiger partial charge in [-0.15, -0.1) is 0 Å². The molecule has 0 unspecified atom stereocenters. The van der Waals surface area contributed by atoms with E-state index in [4.69, 9.17) is 67.8 Å². The smallest absolute Gasteiger partial charge is 0.330 e.